The van der Waals surface area contributed by atoms with Gasteiger partial charge >= 0.3 is 0 Å². The molecule has 1 heterocycles. The van der Waals surface area contributed by atoms with Crippen LogP contribution in [0.15, 0.2) is 46.9 Å². The molecule has 1 aliphatic rings. The molecule has 0 spiro atoms. The lowest BCUT2D eigenvalue weighted by molar-refractivity contribution is -0.116. The summed E-state index contributed by atoms with van der Waals surface area (Å²) in [7, 11) is 0. The first-order valence-electron chi connectivity index (χ1n) is 7.95. The molecule has 3 nitrogen and oxygen atoms in total. The molecule has 1 unspecified atom stereocenters. The minimum absolute atomic E-state index is 0.0586. The second kappa shape index (κ2) is 6.75. The molecule has 0 bridgehead atoms. The number of fused-ring (bicyclic) bond motifs is 1. The van der Waals surface area contributed by atoms with Crippen LogP contribution in [-0.2, 0) is 11.2 Å². The van der Waals surface area contributed by atoms with Crippen molar-refractivity contribution < 1.29 is 4.79 Å². The molecule has 1 N–H and O–H groups in total. The number of anilines is 2. The fraction of sp³-hybridized carbons (Fsp3) is 0.316. The van der Waals surface area contributed by atoms with Crippen LogP contribution in [0.4, 0.5) is 11.4 Å². The number of nitrogens with zero attached hydrogens (tertiary/aromatic N) is 1. The summed E-state index contributed by atoms with van der Waals surface area (Å²) in [6, 6.07) is 14.8. The average molecular weight is 373 g/mol. The van der Waals surface area contributed by atoms with Crippen molar-refractivity contribution >= 4 is 33.2 Å². The Hall–Kier alpha value is -1.81. The number of halogens is 1. The normalized spacial score (nSPS) is 16.3. The summed E-state index contributed by atoms with van der Waals surface area (Å²) in [5.41, 5.74) is 4.62. The van der Waals surface area contributed by atoms with Crippen molar-refractivity contribution in [1.82, 2.24) is 0 Å². The Balaban J connectivity index is 1.60. The third-order valence-corrected chi connectivity index (χ3v) is 5.26. The number of para-hydroxylation sites is 1. The van der Waals surface area contributed by atoms with Crippen LogP contribution < -0.4 is 10.2 Å². The number of hydrogen-bond donors (Lipinski definition) is 1. The largest absolute Gasteiger partial charge is 0.368 e. The highest BCUT2D eigenvalue weighted by Gasteiger charge is 2.25. The van der Waals surface area contributed by atoms with Crippen molar-refractivity contribution in [3.63, 3.8) is 0 Å². The quantitative estimate of drug-likeness (QED) is 0.854. The summed E-state index contributed by atoms with van der Waals surface area (Å²) in [4.78, 5) is 14.6. The number of amides is 1. The topological polar surface area (TPSA) is 32.3 Å². The van der Waals surface area contributed by atoms with Crippen molar-refractivity contribution in [1.29, 1.82) is 0 Å². The summed E-state index contributed by atoms with van der Waals surface area (Å²) >= 11 is 3.47. The first-order valence-corrected chi connectivity index (χ1v) is 8.74. The molecule has 2 aromatic rings. The molecule has 0 saturated heterocycles. The lowest BCUT2D eigenvalue weighted by atomic mass is 10.1. The highest BCUT2D eigenvalue weighted by atomic mass is 79.9. The Morgan fingerprint density at radius 3 is 2.87 bits per heavy atom. The molecule has 120 valence electrons. The zero-order chi connectivity index (χ0) is 16.4. The van der Waals surface area contributed by atoms with Crippen molar-refractivity contribution in [3.8, 4) is 0 Å². The van der Waals surface area contributed by atoms with Crippen LogP contribution in [0, 0.1) is 6.92 Å². The van der Waals surface area contributed by atoms with E-state index in [0.29, 0.717) is 12.5 Å². The van der Waals surface area contributed by atoms with Gasteiger partial charge < -0.3 is 10.2 Å². The lowest BCUT2D eigenvalue weighted by Crippen LogP contribution is -2.32. The predicted octanol–water partition coefficient (Wildman–Crippen LogP) is 4.54. The van der Waals surface area contributed by atoms with E-state index < -0.39 is 0 Å². The summed E-state index contributed by atoms with van der Waals surface area (Å²) in [6.07, 6.45) is 1.55. The van der Waals surface area contributed by atoms with Crippen LogP contribution in [0.1, 0.15) is 24.5 Å². The van der Waals surface area contributed by atoms with E-state index in [1.54, 1.807) is 0 Å². The fourth-order valence-corrected chi connectivity index (χ4v) is 3.38. The van der Waals surface area contributed by atoms with Gasteiger partial charge in [-0.1, -0.05) is 34.1 Å². The number of carbonyl (C=O) groups excluding carboxylic acids is 1. The molecule has 1 amide bonds. The number of carbonyl (C=O) groups is 1. The van der Waals surface area contributed by atoms with Gasteiger partial charge in [0.2, 0.25) is 5.91 Å². The molecular formula is C19H21BrN2O. The van der Waals surface area contributed by atoms with Crippen LogP contribution in [0.2, 0.25) is 0 Å². The van der Waals surface area contributed by atoms with Gasteiger partial charge in [0, 0.05) is 34.9 Å². The Labute approximate surface area is 145 Å². The zero-order valence-electron chi connectivity index (χ0n) is 13.5. The standard InChI is InChI=1S/C19H21BrN2O/c1-13-11-16(7-8-17(13)20)21-19(23)9-10-22-14(2)12-15-5-3-4-6-18(15)22/h3-8,11,14H,9-10,12H2,1-2H3,(H,21,23). The van der Waals surface area contributed by atoms with Gasteiger partial charge in [-0.3, -0.25) is 4.79 Å². The monoisotopic (exact) mass is 372 g/mol. The molecule has 23 heavy (non-hydrogen) atoms. The minimum atomic E-state index is 0.0586. The molecule has 0 radical (unpaired) electrons. The Morgan fingerprint density at radius 2 is 2.09 bits per heavy atom. The summed E-state index contributed by atoms with van der Waals surface area (Å²) in [6.45, 7) is 4.98. The summed E-state index contributed by atoms with van der Waals surface area (Å²) in [5, 5.41) is 2.99. The fourth-order valence-electron chi connectivity index (χ4n) is 3.14. The van der Waals surface area contributed by atoms with Gasteiger partial charge in [0.1, 0.15) is 0 Å². The molecular weight excluding hydrogens is 352 g/mol. The third kappa shape index (κ3) is 3.58. The van der Waals surface area contributed by atoms with Gasteiger partial charge in [-0.2, -0.15) is 0 Å². The SMILES string of the molecule is Cc1cc(NC(=O)CCN2c3ccccc3CC2C)ccc1Br. The summed E-state index contributed by atoms with van der Waals surface area (Å²) < 4.78 is 1.05. The van der Waals surface area contributed by atoms with Crippen molar-refractivity contribution in [2.75, 3.05) is 16.8 Å². The van der Waals surface area contributed by atoms with Crippen LogP contribution in [0.25, 0.3) is 0 Å². The van der Waals surface area contributed by atoms with E-state index >= 15 is 0 Å². The van der Waals surface area contributed by atoms with Crippen LogP contribution >= 0.6 is 15.9 Å². The Kier molecular flexibility index (Phi) is 4.71. The maximum atomic E-state index is 12.2. The van der Waals surface area contributed by atoms with E-state index in [0.717, 1.165) is 28.7 Å². The van der Waals surface area contributed by atoms with Gasteiger partial charge in [0.15, 0.2) is 0 Å². The van der Waals surface area contributed by atoms with Crippen molar-refractivity contribution in [3.05, 3.63) is 58.1 Å². The first kappa shape index (κ1) is 16.1. The lowest BCUT2D eigenvalue weighted by Gasteiger charge is -2.24. The number of benzene rings is 2. The highest BCUT2D eigenvalue weighted by molar-refractivity contribution is 9.10. The van der Waals surface area contributed by atoms with E-state index in [2.05, 4.69) is 57.3 Å². The van der Waals surface area contributed by atoms with Gasteiger partial charge in [-0.15, -0.1) is 0 Å². The van der Waals surface area contributed by atoms with Gasteiger partial charge in [0.25, 0.3) is 0 Å². The first-order chi connectivity index (χ1) is 11.0. The summed E-state index contributed by atoms with van der Waals surface area (Å²) in [5.74, 6) is 0.0586. The molecule has 0 aromatic heterocycles. The Morgan fingerprint density at radius 1 is 1.30 bits per heavy atom. The molecule has 0 aliphatic carbocycles. The van der Waals surface area contributed by atoms with E-state index in [4.69, 9.17) is 0 Å². The molecule has 2 aromatic carbocycles. The zero-order valence-corrected chi connectivity index (χ0v) is 15.1. The van der Waals surface area contributed by atoms with Crippen molar-refractivity contribution in [2.45, 2.75) is 32.7 Å². The van der Waals surface area contributed by atoms with E-state index in [1.807, 2.05) is 25.1 Å². The van der Waals surface area contributed by atoms with Gasteiger partial charge in [-0.05, 0) is 55.7 Å². The molecule has 1 atom stereocenters. The van der Waals surface area contributed by atoms with Crippen LogP contribution in [-0.4, -0.2) is 18.5 Å². The molecule has 1 aliphatic heterocycles. The third-order valence-electron chi connectivity index (χ3n) is 4.37. The highest BCUT2D eigenvalue weighted by Crippen LogP contribution is 2.31. The number of hydrogen-bond acceptors (Lipinski definition) is 2. The van der Waals surface area contributed by atoms with Gasteiger partial charge in [-0.25, -0.2) is 0 Å². The second-order valence-electron chi connectivity index (χ2n) is 6.14. The van der Waals surface area contributed by atoms with Crippen molar-refractivity contribution in [2.24, 2.45) is 0 Å². The molecule has 0 fully saturated rings. The average Bonchev–Trinajstić information content (AvgIpc) is 2.84. The molecule has 0 saturated carbocycles. The predicted molar refractivity (Wildman–Crippen MR) is 99.1 cm³/mol. The number of aryl methyl sites for hydroxylation is 1. The Bertz CT molecular complexity index is 729. The van der Waals surface area contributed by atoms with E-state index in [-0.39, 0.29) is 5.91 Å². The van der Waals surface area contributed by atoms with Gasteiger partial charge in [0.05, 0.1) is 0 Å². The smallest absolute Gasteiger partial charge is 0.226 e. The maximum absolute atomic E-state index is 12.2. The maximum Gasteiger partial charge on any atom is 0.226 e. The van der Waals surface area contributed by atoms with Crippen LogP contribution in [0.3, 0.4) is 0 Å². The number of nitrogens with one attached hydrogen (secondary N) is 1. The van der Waals surface area contributed by atoms with E-state index in [1.165, 1.54) is 11.3 Å². The number of rotatable bonds is 4. The van der Waals surface area contributed by atoms with E-state index in [9.17, 15) is 4.79 Å². The molecule has 3 rings (SSSR count). The molecule has 4 heteroatoms. The second-order valence-corrected chi connectivity index (χ2v) is 6.99. The minimum Gasteiger partial charge on any atom is -0.368 e. The van der Waals surface area contributed by atoms with Crippen LogP contribution in [0.5, 0.6) is 0 Å².